The first-order valence-corrected chi connectivity index (χ1v) is 7.92. The fourth-order valence-electron chi connectivity index (χ4n) is 2.92. The average Bonchev–Trinajstić information content (AvgIpc) is 2.71. The van der Waals surface area contributed by atoms with E-state index in [1.807, 2.05) is 45.9 Å². The number of nitrogens with one attached hydrogen (secondary N) is 2. The molecule has 1 heterocycles. The first-order chi connectivity index (χ1) is 10.8. The van der Waals surface area contributed by atoms with E-state index in [1.165, 1.54) is 11.2 Å². The van der Waals surface area contributed by atoms with Crippen LogP contribution in [0.4, 0.5) is 5.69 Å². The van der Waals surface area contributed by atoms with Crippen LogP contribution in [0.2, 0.25) is 0 Å². The number of carbonyl (C=O) groups is 2. The molecular weight excluding hydrogens is 290 g/mol. The highest BCUT2D eigenvalue weighted by Gasteiger charge is 2.39. The Hall–Kier alpha value is -2.30. The summed E-state index contributed by atoms with van der Waals surface area (Å²) in [6.07, 6.45) is 2.43. The molecule has 2 N–H and O–H groups in total. The molecule has 5 nitrogen and oxygen atoms in total. The van der Waals surface area contributed by atoms with E-state index < -0.39 is 5.92 Å². The third-order valence-electron chi connectivity index (χ3n) is 3.77. The molecule has 0 bridgehead atoms. The minimum Gasteiger partial charge on any atom is -0.351 e. The van der Waals surface area contributed by atoms with Crippen molar-refractivity contribution >= 4 is 17.5 Å². The largest absolute Gasteiger partial charge is 0.351 e. The zero-order chi connectivity index (χ0) is 17.2. The lowest BCUT2D eigenvalue weighted by Crippen LogP contribution is -2.43. The highest BCUT2D eigenvalue weighted by atomic mass is 16.2. The Bertz CT molecular complexity index is 632. The summed E-state index contributed by atoms with van der Waals surface area (Å²) in [6.45, 7) is 11.5. The summed E-state index contributed by atoms with van der Waals surface area (Å²) >= 11 is 0. The number of rotatable bonds is 5. The van der Waals surface area contributed by atoms with E-state index >= 15 is 0 Å². The minimum absolute atomic E-state index is 0.121. The van der Waals surface area contributed by atoms with Gasteiger partial charge in [-0.3, -0.25) is 15.0 Å². The SMILES string of the molecule is C=CNN1C(=O)C(CC(=O)NC(C)(C)C)c2cccc(CC)c21. The molecule has 1 aromatic rings. The topological polar surface area (TPSA) is 61.4 Å². The van der Waals surface area contributed by atoms with Crippen molar-refractivity contribution in [3.8, 4) is 0 Å². The Labute approximate surface area is 137 Å². The second-order valence-corrected chi connectivity index (χ2v) is 6.77. The van der Waals surface area contributed by atoms with Crippen LogP contribution in [0.25, 0.3) is 0 Å². The van der Waals surface area contributed by atoms with Crippen molar-refractivity contribution in [3.63, 3.8) is 0 Å². The van der Waals surface area contributed by atoms with Gasteiger partial charge in [0.2, 0.25) is 5.91 Å². The highest BCUT2D eigenvalue weighted by Crippen LogP contribution is 2.40. The molecule has 1 unspecified atom stereocenters. The first kappa shape index (κ1) is 17.1. The molecule has 2 amide bonds. The van der Waals surface area contributed by atoms with Crippen LogP contribution in [0.1, 0.15) is 51.2 Å². The Morgan fingerprint density at radius 3 is 2.65 bits per heavy atom. The third-order valence-corrected chi connectivity index (χ3v) is 3.77. The number of amides is 2. The zero-order valence-corrected chi connectivity index (χ0v) is 14.3. The van der Waals surface area contributed by atoms with Crippen molar-refractivity contribution in [3.05, 3.63) is 42.1 Å². The van der Waals surface area contributed by atoms with Crippen LogP contribution in [0.5, 0.6) is 0 Å². The van der Waals surface area contributed by atoms with Gasteiger partial charge in [-0.05, 0) is 38.3 Å². The van der Waals surface area contributed by atoms with E-state index in [0.717, 1.165) is 23.2 Å². The van der Waals surface area contributed by atoms with Crippen LogP contribution in [-0.2, 0) is 16.0 Å². The Morgan fingerprint density at radius 1 is 1.39 bits per heavy atom. The second kappa shape index (κ2) is 6.44. The zero-order valence-electron chi connectivity index (χ0n) is 14.3. The van der Waals surface area contributed by atoms with Crippen LogP contribution >= 0.6 is 0 Å². The molecule has 0 aliphatic carbocycles. The summed E-state index contributed by atoms with van der Waals surface area (Å²) in [6, 6.07) is 5.87. The molecule has 0 saturated carbocycles. The maximum atomic E-state index is 12.8. The number of benzene rings is 1. The number of fused-ring (bicyclic) bond motifs is 1. The van der Waals surface area contributed by atoms with Gasteiger partial charge in [0.15, 0.2) is 0 Å². The molecule has 1 atom stereocenters. The molecule has 0 spiro atoms. The maximum absolute atomic E-state index is 12.8. The normalized spacial score (nSPS) is 17.0. The quantitative estimate of drug-likeness (QED) is 0.878. The average molecular weight is 315 g/mol. The summed E-state index contributed by atoms with van der Waals surface area (Å²) in [4.78, 5) is 25.0. The van der Waals surface area contributed by atoms with E-state index in [4.69, 9.17) is 0 Å². The van der Waals surface area contributed by atoms with Crippen LogP contribution in [0, 0.1) is 0 Å². The molecule has 1 aliphatic heterocycles. The summed E-state index contributed by atoms with van der Waals surface area (Å²) in [5.74, 6) is -0.708. The number of carbonyl (C=O) groups excluding carboxylic acids is 2. The number of anilines is 1. The van der Waals surface area contributed by atoms with E-state index in [1.54, 1.807) is 0 Å². The minimum atomic E-state index is -0.466. The van der Waals surface area contributed by atoms with Gasteiger partial charge < -0.3 is 5.32 Å². The fourth-order valence-corrected chi connectivity index (χ4v) is 2.92. The van der Waals surface area contributed by atoms with Crippen LogP contribution in [0.15, 0.2) is 31.0 Å². The number of para-hydroxylation sites is 1. The van der Waals surface area contributed by atoms with Gasteiger partial charge in [-0.1, -0.05) is 31.7 Å². The lowest BCUT2D eigenvalue weighted by atomic mass is 9.94. The molecular formula is C18H25N3O2. The van der Waals surface area contributed by atoms with Crippen molar-refractivity contribution < 1.29 is 9.59 Å². The summed E-state index contributed by atoms with van der Waals surface area (Å²) in [5, 5.41) is 4.43. The molecule has 5 heteroatoms. The summed E-state index contributed by atoms with van der Waals surface area (Å²) in [7, 11) is 0. The summed E-state index contributed by atoms with van der Waals surface area (Å²) < 4.78 is 0. The molecule has 2 rings (SSSR count). The molecule has 124 valence electrons. The Balaban J connectivity index is 2.34. The van der Waals surface area contributed by atoms with Crippen molar-refractivity contribution in [1.82, 2.24) is 10.7 Å². The molecule has 23 heavy (non-hydrogen) atoms. The van der Waals surface area contributed by atoms with Crippen molar-refractivity contribution in [2.24, 2.45) is 0 Å². The lowest BCUT2D eigenvalue weighted by Gasteiger charge is -2.22. The van der Waals surface area contributed by atoms with Gasteiger partial charge in [-0.15, -0.1) is 0 Å². The smallest absolute Gasteiger partial charge is 0.253 e. The van der Waals surface area contributed by atoms with Gasteiger partial charge in [0.1, 0.15) is 0 Å². The van der Waals surface area contributed by atoms with Crippen LogP contribution in [-0.4, -0.2) is 17.4 Å². The number of nitrogens with zero attached hydrogens (tertiary/aromatic N) is 1. The molecule has 1 aliphatic rings. The first-order valence-electron chi connectivity index (χ1n) is 7.92. The number of hydrogen-bond acceptors (Lipinski definition) is 3. The van der Waals surface area contributed by atoms with Crippen LogP contribution < -0.4 is 15.8 Å². The third kappa shape index (κ3) is 3.55. The van der Waals surface area contributed by atoms with Gasteiger partial charge >= 0.3 is 0 Å². The van der Waals surface area contributed by atoms with Gasteiger partial charge in [0.25, 0.3) is 5.91 Å². The van der Waals surface area contributed by atoms with Gasteiger partial charge in [-0.2, -0.15) is 0 Å². The second-order valence-electron chi connectivity index (χ2n) is 6.77. The predicted molar refractivity (Wildman–Crippen MR) is 91.9 cm³/mol. The molecule has 1 aromatic carbocycles. The number of hydrazine groups is 1. The predicted octanol–water partition coefficient (Wildman–Crippen LogP) is 2.63. The van der Waals surface area contributed by atoms with Gasteiger partial charge in [0.05, 0.1) is 11.6 Å². The molecule has 0 aromatic heterocycles. The molecule has 0 radical (unpaired) electrons. The van der Waals surface area contributed by atoms with Crippen molar-refractivity contribution in [1.29, 1.82) is 0 Å². The standard InChI is InChI=1S/C18H25N3O2/c1-6-12-9-8-10-13-14(11-15(22)20-18(3,4)5)17(23)21(16(12)13)19-7-2/h7-10,14,19H,2,6,11H2,1,3-5H3,(H,20,22). The molecule has 0 saturated heterocycles. The Kier molecular flexibility index (Phi) is 4.78. The van der Waals surface area contributed by atoms with E-state index in [9.17, 15) is 9.59 Å². The van der Waals surface area contributed by atoms with E-state index in [0.29, 0.717) is 0 Å². The molecule has 0 fully saturated rings. The number of hydrogen-bond donors (Lipinski definition) is 2. The van der Waals surface area contributed by atoms with E-state index in [2.05, 4.69) is 17.3 Å². The fraction of sp³-hybridized carbons (Fsp3) is 0.444. The van der Waals surface area contributed by atoms with Crippen molar-refractivity contribution in [2.75, 3.05) is 5.01 Å². The Morgan fingerprint density at radius 2 is 2.09 bits per heavy atom. The number of aryl methyl sites for hydroxylation is 1. The summed E-state index contributed by atoms with van der Waals surface area (Å²) in [5.41, 5.74) is 5.40. The lowest BCUT2D eigenvalue weighted by molar-refractivity contribution is -0.127. The van der Waals surface area contributed by atoms with Crippen molar-refractivity contribution in [2.45, 2.75) is 52.0 Å². The van der Waals surface area contributed by atoms with E-state index in [-0.39, 0.29) is 23.8 Å². The monoisotopic (exact) mass is 315 g/mol. The van der Waals surface area contributed by atoms with Gasteiger partial charge in [0, 0.05) is 18.2 Å². The van der Waals surface area contributed by atoms with Gasteiger partial charge in [-0.25, -0.2) is 5.01 Å². The highest BCUT2D eigenvalue weighted by molar-refractivity contribution is 6.07. The van der Waals surface area contributed by atoms with Crippen LogP contribution in [0.3, 0.4) is 0 Å². The maximum Gasteiger partial charge on any atom is 0.253 e.